The Morgan fingerprint density at radius 3 is 2.61 bits per heavy atom. The number of amides is 2. The second kappa shape index (κ2) is 10.3. The molecule has 1 aliphatic heterocycles. The number of anilines is 1. The van der Waals surface area contributed by atoms with Crippen LogP contribution in [0.3, 0.4) is 0 Å². The van der Waals surface area contributed by atoms with Gasteiger partial charge in [-0.2, -0.15) is 4.98 Å². The third-order valence-corrected chi connectivity index (χ3v) is 5.52. The van der Waals surface area contributed by atoms with Gasteiger partial charge >= 0.3 is 0 Å². The first-order valence-corrected chi connectivity index (χ1v) is 10.8. The van der Waals surface area contributed by atoms with Gasteiger partial charge in [-0.3, -0.25) is 9.59 Å². The van der Waals surface area contributed by atoms with Crippen molar-refractivity contribution in [2.45, 2.75) is 19.8 Å². The van der Waals surface area contributed by atoms with E-state index in [-0.39, 0.29) is 18.2 Å². The minimum atomic E-state index is -0.196. The molecule has 33 heavy (non-hydrogen) atoms. The van der Waals surface area contributed by atoms with Crippen LogP contribution in [0.2, 0.25) is 0 Å². The molecule has 1 aliphatic rings. The van der Waals surface area contributed by atoms with Gasteiger partial charge in [-0.15, -0.1) is 0 Å². The quantitative estimate of drug-likeness (QED) is 0.589. The molecule has 1 aromatic heterocycles. The Bertz CT molecular complexity index is 1120. The van der Waals surface area contributed by atoms with Crippen molar-refractivity contribution in [1.29, 1.82) is 0 Å². The number of aromatic nitrogens is 2. The van der Waals surface area contributed by atoms with E-state index >= 15 is 0 Å². The van der Waals surface area contributed by atoms with Crippen LogP contribution in [0.1, 0.15) is 28.2 Å². The van der Waals surface area contributed by atoms with E-state index in [0.717, 1.165) is 16.9 Å². The smallest absolute Gasteiger partial charge is 0.254 e. The number of hydrogen-bond donors (Lipinski definition) is 1. The second-order valence-electron chi connectivity index (χ2n) is 7.67. The van der Waals surface area contributed by atoms with E-state index in [1.165, 1.54) is 0 Å². The first-order chi connectivity index (χ1) is 16.0. The SMILES string of the molecule is COc1ccc(-c2noc(CCC(=O)Nc3cccc(C(=O)N4CCOCC4)c3C)n2)cc1. The van der Waals surface area contributed by atoms with Gasteiger partial charge in [0.15, 0.2) is 0 Å². The molecule has 2 aromatic carbocycles. The molecule has 2 heterocycles. The van der Waals surface area contributed by atoms with Crippen LogP contribution < -0.4 is 10.1 Å². The van der Waals surface area contributed by atoms with Gasteiger partial charge in [-0.1, -0.05) is 11.2 Å². The van der Waals surface area contributed by atoms with Crippen molar-refractivity contribution in [3.05, 3.63) is 59.5 Å². The Hall–Kier alpha value is -3.72. The molecule has 0 radical (unpaired) electrons. The molecule has 0 atom stereocenters. The lowest BCUT2D eigenvalue weighted by atomic mass is 10.0. The molecular formula is C24H26N4O5. The number of carbonyl (C=O) groups is 2. The van der Waals surface area contributed by atoms with Crippen molar-refractivity contribution in [2.24, 2.45) is 0 Å². The molecule has 2 amide bonds. The van der Waals surface area contributed by atoms with Gasteiger partial charge in [0.25, 0.3) is 5.91 Å². The zero-order valence-electron chi connectivity index (χ0n) is 18.7. The zero-order valence-corrected chi connectivity index (χ0v) is 18.7. The van der Waals surface area contributed by atoms with Crippen molar-refractivity contribution < 1.29 is 23.6 Å². The average Bonchev–Trinajstić information content (AvgIpc) is 3.33. The van der Waals surface area contributed by atoms with Crippen LogP contribution >= 0.6 is 0 Å². The summed E-state index contributed by atoms with van der Waals surface area (Å²) in [6.45, 7) is 4.05. The monoisotopic (exact) mass is 450 g/mol. The number of carbonyl (C=O) groups excluding carboxylic acids is 2. The Balaban J connectivity index is 1.35. The molecule has 4 rings (SSSR count). The largest absolute Gasteiger partial charge is 0.497 e. The van der Waals surface area contributed by atoms with E-state index in [0.29, 0.717) is 55.7 Å². The highest BCUT2D eigenvalue weighted by Gasteiger charge is 2.21. The standard InChI is InChI=1S/C24H26N4O5/c1-16-19(24(30)28-12-14-32-15-13-28)4-3-5-20(16)25-21(29)10-11-22-26-23(27-33-22)17-6-8-18(31-2)9-7-17/h3-9H,10-15H2,1-2H3,(H,25,29). The summed E-state index contributed by atoms with van der Waals surface area (Å²) in [4.78, 5) is 31.5. The third kappa shape index (κ3) is 5.38. The molecule has 172 valence electrons. The molecule has 0 aliphatic carbocycles. The second-order valence-corrected chi connectivity index (χ2v) is 7.67. The molecule has 0 spiro atoms. The van der Waals surface area contributed by atoms with Crippen LogP contribution in [0.5, 0.6) is 5.75 Å². The molecule has 9 nitrogen and oxygen atoms in total. The van der Waals surface area contributed by atoms with Gasteiger partial charge in [0.1, 0.15) is 5.75 Å². The van der Waals surface area contributed by atoms with Gasteiger partial charge in [0.05, 0.1) is 20.3 Å². The number of hydrogen-bond acceptors (Lipinski definition) is 7. The number of nitrogens with one attached hydrogen (secondary N) is 1. The average molecular weight is 450 g/mol. The summed E-state index contributed by atoms with van der Waals surface area (Å²) in [5.74, 6) is 1.33. The molecule has 0 bridgehead atoms. The van der Waals surface area contributed by atoms with Crippen molar-refractivity contribution in [1.82, 2.24) is 15.0 Å². The Kier molecular flexibility index (Phi) is 6.99. The fraction of sp³-hybridized carbons (Fsp3) is 0.333. The Morgan fingerprint density at radius 1 is 1.12 bits per heavy atom. The summed E-state index contributed by atoms with van der Waals surface area (Å²) < 4.78 is 15.8. The number of methoxy groups -OCH3 is 1. The minimum Gasteiger partial charge on any atom is -0.497 e. The number of aryl methyl sites for hydroxylation is 1. The van der Waals surface area contributed by atoms with Crippen molar-refractivity contribution >= 4 is 17.5 Å². The zero-order chi connectivity index (χ0) is 23.2. The van der Waals surface area contributed by atoms with Crippen molar-refractivity contribution in [3.8, 4) is 17.1 Å². The van der Waals surface area contributed by atoms with Gasteiger partial charge < -0.3 is 24.2 Å². The number of morpholine rings is 1. The molecule has 1 saturated heterocycles. The van der Waals surface area contributed by atoms with E-state index in [9.17, 15) is 9.59 Å². The topological polar surface area (TPSA) is 107 Å². The summed E-state index contributed by atoms with van der Waals surface area (Å²) in [6.07, 6.45) is 0.478. The van der Waals surface area contributed by atoms with Crippen molar-refractivity contribution in [2.75, 3.05) is 38.7 Å². The number of benzene rings is 2. The summed E-state index contributed by atoms with van der Waals surface area (Å²) in [5, 5.41) is 6.88. The van der Waals surface area contributed by atoms with Gasteiger partial charge in [0.2, 0.25) is 17.6 Å². The molecular weight excluding hydrogens is 424 g/mol. The fourth-order valence-electron chi connectivity index (χ4n) is 3.59. The van der Waals surface area contributed by atoms with Gasteiger partial charge in [0, 0.05) is 42.7 Å². The molecule has 1 fully saturated rings. The number of rotatable bonds is 7. The maximum absolute atomic E-state index is 12.8. The summed E-state index contributed by atoms with van der Waals surface area (Å²) in [6, 6.07) is 12.7. The summed E-state index contributed by atoms with van der Waals surface area (Å²) in [7, 11) is 1.60. The Morgan fingerprint density at radius 2 is 1.88 bits per heavy atom. The normalized spacial score (nSPS) is 13.6. The molecule has 0 unspecified atom stereocenters. The summed E-state index contributed by atoms with van der Waals surface area (Å²) in [5.41, 5.74) is 2.73. The predicted molar refractivity (Wildman–Crippen MR) is 121 cm³/mol. The lowest BCUT2D eigenvalue weighted by Crippen LogP contribution is -2.41. The minimum absolute atomic E-state index is 0.0520. The van der Waals surface area contributed by atoms with Crippen LogP contribution in [0.4, 0.5) is 5.69 Å². The van der Waals surface area contributed by atoms with E-state index < -0.39 is 0 Å². The van der Waals surface area contributed by atoms with Crippen LogP contribution in [0.25, 0.3) is 11.4 Å². The van der Waals surface area contributed by atoms with Crippen molar-refractivity contribution in [3.63, 3.8) is 0 Å². The lowest BCUT2D eigenvalue weighted by molar-refractivity contribution is -0.116. The molecule has 3 aromatic rings. The van der Waals surface area contributed by atoms with E-state index in [1.807, 2.05) is 31.2 Å². The van der Waals surface area contributed by atoms with E-state index in [4.69, 9.17) is 14.0 Å². The fourth-order valence-corrected chi connectivity index (χ4v) is 3.59. The van der Waals surface area contributed by atoms with E-state index in [2.05, 4.69) is 15.5 Å². The van der Waals surface area contributed by atoms with Gasteiger partial charge in [-0.25, -0.2) is 0 Å². The maximum Gasteiger partial charge on any atom is 0.254 e. The maximum atomic E-state index is 12.8. The first kappa shape index (κ1) is 22.5. The van der Waals surface area contributed by atoms with Gasteiger partial charge in [-0.05, 0) is 48.9 Å². The van der Waals surface area contributed by atoms with Crippen LogP contribution in [0, 0.1) is 6.92 Å². The first-order valence-electron chi connectivity index (χ1n) is 10.8. The molecule has 9 heteroatoms. The predicted octanol–water partition coefficient (Wildman–Crippen LogP) is 3.10. The highest BCUT2D eigenvalue weighted by atomic mass is 16.5. The highest BCUT2D eigenvalue weighted by molar-refractivity contribution is 5.99. The Labute approximate surface area is 191 Å². The highest BCUT2D eigenvalue weighted by Crippen LogP contribution is 2.22. The van der Waals surface area contributed by atoms with Crippen LogP contribution in [0.15, 0.2) is 47.0 Å². The molecule has 0 saturated carbocycles. The van der Waals surface area contributed by atoms with Crippen LogP contribution in [-0.2, 0) is 16.0 Å². The number of nitrogens with zero attached hydrogens (tertiary/aromatic N) is 3. The van der Waals surface area contributed by atoms with E-state index in [1.54, 1.807) is 30.2 Å². The van der Waals surface area contributed by atoms with Crippen LogP contribution in [-0.4, -0.2) is 60.3 Å². The molecule has 1 N–H and O–H groups in total. The summed E-state index contributed by atoms with van der Waals surface area (Å²) >= 11 is 0. The number of ether oxygens (including phenoxy) is 2. The lowest BCUT2D eigenvalue weighted by Gasteiger charge is -2.27. The third-order valence-electron chi connectivity index (χ3n) is 5.52.